The van der Waals surface area contributed by atoms with Crippen molar-refractivity contribution in [1.29, 1.82) is 0 Å². The molecule has 3 heterocycles. The van der Waals surface area contributed by atoms with Gasteiger partial charge in [0.1, 0.15) is 6.67 Å². The topological polar surface area (TPSA) is 91.6 Å². The molecule has 7 nitrogen and oxygen atoms in total. The molecule has 1 amide bonds. The number of hydrogen-bond acceptors (Lipinski definition) is 6. The Balaban J connectivity index is 1.83. The fourth-order valence-corrected chi connectivity index (χ4v) is 5.78. The van der Waals surface area contributed by atoms with Crippen LogP contribution in [0.2, 0.25) is 0 Å². The normalized spacial score (nSPS) is 16.8. The van der Waals surface area contributed by atoms with Gasteiger partial charge in [0, 0.05) is 16.8 Å². The van der Waals surface area contributed by atoms with Crippen molar-refractivity contribution in [3.63, 3.8) is 0 Å². The lowest BCUT2D eigenvalue weighted by Crippen LogP contribution is -2.54. The van der Waals surface area contributed by atoms with Gasteiger partial charge >= 0.3 is 0 Å². The Morgan fingerprint density at radius 2 is 1.97 bits per heavy atom. The maximum Gasteiger partial charge on any atom is 0.275 e. The monoisotopic (exact) mass is 461 g/mol. The molecule has 33 heavy (non-hydrogen) atoms. The lowest BCUT2D eigenvalue weighted by atomic mass is 9.89. The van der Waals surface area contributed by atoms with Gasteiger partial charge in [0.25, 0.3) is 5.91 Å². The van der Waals surface area contributed by atoms with E-state index < -0.39 is 22.9 Å². The molecular formula is C25H23N3O4S. The molecule has 0 spiro atoms. The number of amides is 1. The van der Waals surface area contributed by atoms with Crippen LogP contribution < -0.4 is 15.8 Å². The van der Waals surface area contributed by atoms with E-state index in [4.69, 9.17) is 0 Å². The summed E-state index contributed by atoms with van der Waals surface area (Å²) in [6.45, 7) is 3.53. The van der Waals surface area contributed by atoms with Crippen LogP contribution in [-0.4, -0.2) is 28.1 Å². The van der Waals surface area contributed by atoms with Crippen LogP contribution in [-0.2, 0) is 12.2 Å². The van der Waals surface area contributed by atoms with Gasteiger partial charge in [0.2, 0.25) is 5.43 Å². The number of ketones is 1. The fraction of sp³-hybridized carbons (Fsp3) is 0.240. The van der Waals surface area contributed by atoms with Crippen LogP contribution in [0.1, 0.15) is 63.0 Å². The Bertz CT molecular complexity index is 1360. The Morgan fingerprint density at radius 3 is 2.73 bits per heavy atom. The first-order chi connectivity index (χ1) is 15.9. The molecule has 5 rings (SSSR count). The number of carbonyl (C=O) groups excluding carboxylic acids is 2. The van der Waals surface area contributed by atoms with Gasteiger partial charge in [0.15, 0.2) is 17.2 Å². The van der Waals surface area contributed by atoms with E-state index in [1.807, 2.05) is 17.1 Å². The first-order valence-corrected chi connectivity index (χ1v) is 11.8. The standard InChI is InChI=1S/C25H23N3O4S/c1-3-15-7-6-8-16-12-33-19-10-5-4-9-17(19)21(20(15)16)28-13-26-25(32)22-24(31)23(30)18(14(2)29)11-27(22)28/h4-11,21,31H,3,12-13H2,1-2H3,(H,26,32)/t21-/m1/s1. The van der Waals surface area contributed by atoms with Crippen molar-refractivity contribution in [3.8, 4) is 5.75 Å². The van der Waals surface area contributed by atoms with Gasteiger partial charge in [-0.05, 0) is 41.7 Å². The second-order valence-corrected chi connectivity index (χ2v) is 9.16. The van der Waals surface area contributed by atoms with Crippen molar-refractivity contribution in [2.24, 2.45) is 0 Å². The van der Waals surface area contributed by atoms with Gasteiger partial charge in [-0.25, -0.2) is 0 Å². The van der Waals surface area contributed by atoms with E-state index in [-0.39, 0.29) is 24.0 Å². The Labute approximate surface area is 195 Å². The number of aromatic nitrogens is 1. The van der Waals surface area contributed by atoms with E-state index in [0.29, 0.717) is 0 Å². The summed E-state index contributed by atoms with van der Waals surface area (Å²) in [6.07, 6.45) is 2.21. The third kappa shape index (κ3) is 3.33. The first kappa shape index (κ1) is 21.3. The quantitative estimate of drug-likeness (QED) is 0.582. The van der Waals surface area contributed by atoms with Crippen molar-refractivity contribution >= 4 is 23.5 Å². The third-order valence-corrected chi connectivity index (χ3v) is 7.41. The molecule has 2 aromatic carbocycles. The molecule has 2 aliphatic heterocycles. The Morgan fingerprint density at radius 1 is 1.18 bits per heavy atom. The van der Waals surface area contributed by atoms with Crippen LogP contribution in [0, 0.1) is 0 Å². The highest BCUT2D eigenvalue weighted by Gasteiger charge is 2.37. The maximum absolute atomic E-state index is 12.7. The molecule has 168 valence electrons. The molecule has 0 saturated heterocycles. The van der Waals surface area contributed by atoms with Crippen LogP contribution in [0.5, 0.6) is 5.75 Å². The molecule has 8 heteroatoms. The van der Waals surface area contributed by atoms with Crippen molar-refractivity contribution in [2.45, 2.75) is 37.0 Å². The maximum atomic E-state index is 12.7. The number of hydrogen-bond donors (Lipinski definition) is 2. The van der Waals surface area contributed by atoms with Crippen LogP contribution >= 0.6 is 11.8 Å². The number of fused-ring (bicyclic) bond motifs is 3. The van der Waals surface area contributed by atoms with Gasteiger partial charge in [-0.2, -0.15) is 0 Å². The number of nitrogens with one attached hydrogen (secondary N) is 1. The van der Waals surface area contributed by atoms with E-state index in [1.165, 1.54) is 28.9 Å². The van der Waals surface area contributed by atoms with Gasteiger partial charge in [-0.3, -0.25) is 24.1 Å². The minimum atomic E-state index is -0.836. The second kappa shape index (κ2) is 8.12. The highest BCUT2D eigenvalue weighted by molar-refractivity contribution is 7.98. The molecular weight excluding hydrogens is 438 g/mol. The Hall–Kier alpha value is -3.52. The molecule has 0 saturated carbocycles. The van der Waals surface area contributed by atoms with Crippen molar-refractivity contribution < 1.29 is 14.7 Å². The second-order valence-electron chi connectivity index (χ2n) is 8.15. The predicted octanol–water partition coefficient (Wildman–Crippen LogP) is 3.35. The highest BCUT2D eigenvalue weighted by Crippen LogP contribution is 2.43. The molecule has 0 bridgehead atoms. The number of thioether (sulfide) groups is 1. The number of rotatable bonds is 3. The van der Waals surface area contributed by atoms with Crippen molar-refractivity contribution in [1.82, 2.24) is 9.99 Å². The molecule has 0 fully saturated rings. The van der Waals surface area contributed by atoms with E-state index in [2.05, 4.69) is 42.6 Å². The van der Waals surface area contributed by atoms with Crippen LogP contribution in [0.25, 0.3) is 0 Å². The average Bonchev–Trinajstić information content (AvgIpc) is 2.98. The lowest BCUT2D eigenvalue weighted by Gasteiger charge is -2.41. The summed E-state index contributed by atoms with van der Waals surface area (Å²) in [5, 5.41) is 15.3. The van der Waals surface area contributed by atoms with Gasteiger partial charge in [-0.1, -0.05) is 43.3 Å². The number of nitrogens with zero attached hydrogens (tertiary/aromatic N) is 2. The molecule has 0 aliphatic carbocycles. The number of Topliss-reactive ketones (excluding diaryl/α,β-unsaturated/α-hetero) is 1. The molecule has 0 unspecified atom stereocenters. The summed E-state index contributed by atoms with van der Waals surface area (Å²) < 4.78 is 1.49. The first-order valence-electron chi connectivity index (χ1n) is 10.8. The van der Waals surface area contributed by atoms with Gasteiger partial charge in [-0.15, -0.1) is 11.8 Å². The van der Waals surface area contributed by atoms with E-state index >= 15 is 0 Å². The number of benzene rings is 2. The summed E-state index contributed by atoms with van der Waals surface area (Å²) in [4.78, 5) is 38.6. The van der Waals surface area contributed by atoms with Gasteiger partial charge in [0.05, 0.1) is 11.6 Å². The highest BCUT2D eigenvalue weighted by atomic mass is 32.2. The largest absolute Gasteiger partial charge is 0.502 e. The minimum absolute atomic E-state index is 0.145. The van der Waals surface area contributed by atoms with E-state index in [1.54, 1.807) is 11.8 Å². The predicted molar refractivity (Wildman–Crippen MR) is 127 cm³/mol. The van der Waals surface area contributed by atoms with E-state index in [0.717, 1.165) is 28.2 Å². The molecule has 0 radical (unpaired) electrons. The summed E-state index contributed by atoms with van der Waals surface area (Å²) >= 11 is 1.76. The molecule has 1 atom stereocenters. The zero-order chi connectivity index (χ0) is 23.3. The van der Waals surface area contributed by atoms with Crippen LogP contribution in [0.15, 0.2) is 58.4 Å². The molecule has 2 N–H and O–H groups in total. The summed E-state index contributed by atoms with van der Waals surface area (Å²) in [6, 6.07) is 14.1. The Kier molecular flexibility index (Phi) is 5.25. The third-order valence-electron chi connectivity index (χ3n) is 6.27. The van der Waals surface area contributed by atoms with Crippen LogP contribution in [0.4, 0.5) is 0 Å². The van der Waals surface area contributed by atoms with Gasteiger partial charge < -0.3 is 10.4 Å². The fourth-order valence-electron chi connectivity index (χ4n) is 4.69. The minimum Gasteiger partial charge on any atom is -0.502 e. The number of carbonyl (C=O) groups is 2. The van der Waals surface area contributed by atoms with Crippen molar-refractivity contribution in [2.75, 3.05) is 11.7 Å². The summed E-state index contributed by atoms with van der Waals surface area (Å²) in [5.74, 6) is -0.942. The zero-order valence-corrected chi connectivity index (χ0v) is 19.1. The number of pyridine rings is 1. The lowest BCUT2D eigenvalue weighted by molar-refractivity contribution is 0.0911. The molecule has 1 aromatic heterocycles. The summed E-state index contributed by atoms with van der Waals surface area (Å²) in [7, 11) is 0. The van der Waals surface area contributed by atoms with Crippen LogP contribution in [0.3, 0.4) is 0 Å². The van der Waals surface area contributed by atoms with Crippen molar-refractivity contribution in [3.05, 3.63) is 92.4 Å². The SMILES string of the molecule is CCc1cccc2c1[C@H](N1CNC(=O)c3c(O)c(=O)c(C(C)=O)cn31)c1ccccc1SC2. The molecule has 2 aliphatic rings. The molecule has 3 aromatic rings. The number of aryl methyl sites for hydroxylation is 1. The zero-order valence-electron chi connectivity index (χ0n) is 18.3. The smallest absolute Gasteiger partial charge is 0.275 e. The van der Waals surface area contributed by atoms with E-state index in [9.17, 15) is 19.5 Å². The number of aromatic hydroxyl groups is 1. The average molecular weight is 462 g/mol. The summed E-state index contributed by atoms with van der Waals surface area (Å²) in [5.41, 5.74) is 3.42.